The Morgan fingerprint density at radius 1 is 1.08 bits per heavy atom. The fraction of sp³-hybridized carbons (Fsp3) is 0.417. The summed E-state index contributed by atoms with van der Waals surface area (Å²) in [6.07, 6.45) is 2.71. The first-order valence-electron chi connectivity index (χ1n) is 16.2. The van der Waals surface area contributed by atoms with Gasteiger partial charge in [0, 0.05) is 61.8 Å². The minimum atomic E-state index is -2.77. The summed E-state index contributed by atoms with van der Waals surface area (Å²) in [5.74, 6) is -4.62. The Hall–Kier alpha value is -4.54. The fourth-order valence-corrected chi connectivity index (χ4v) is 5.30. The second kappa shape index (κ2) is 22.2. The highest BCUT2D eigenvalue weighted by Gasteiger charge is 2.37. The monoisotopic (exact) mass is 721 g/mol. The van der Waals surface area contributed by atoms with Crippen molar-refractivity contribution in [2.24, 2.45) is 0 Å². The highest BCUT2D eigenvalue weighted by molar-refractivity contribution is 6.31. The highest BCUT2D eigenvalue weighted by Crippen LogP contribution is 2.35. The largest absolute Gasteiger partial charge is 0.400 e. The fourth-order valence-electron chi connectivity index (χ4n) is 5.06. The zero-order chi connectivity index (χ0) is 37.9. The number of aliphatic hydroxyl groups is 1. The minimum absolute atomic E-state index is 0.0731. The number of amides is 3. The van der Waals surface area contributed by atoms with Crippen LogP contribution >= 0.6 is 11.6 Å². The average molecular weight is 722 g/mol. The summed E-state index contributed by atoms with van der Waals surface area (Å²) in [6, 6.07) is 12.1. The number of nitriles is 1. The van der Waals surface area contributed by atoms with Crippen LogP contribution in [0.25, 0.3) is 0 Å². The molecule has 2 fully saturated rings. The number of pyridine rings is 1. The first-order chi connectivity index (χ1) is 24.0. The Labute approximate surface area is 295 Å². The summed E-state index contributed by atoms with van der Waals surface area (Å²) < 4.78 is 54.3. The van der Waals surface area contributed by atoms with Crippen LogP contribution in [-0.2, 0) is 14.4 Å². The lowest BCUT2D eigenvalue weighted by molar-refractivity contribution is -0.125. The van der Waals surface area contributed by atoms with Gasteiger partial charge in [-0.15, -0.1) is 0 Å². The summed E-state index contributed by atoms with van der Waals surface area (Å²) in [7, 11) is 1.00. The maximum Gasteiger partial charge on any atom is 0.248 e. The van der Waals surface area contributed by atoms with Crippen LogP contribution in [0.1, 0.15) is 83.4 Å². The summed E-state index contributed by atoms with van der Waals surface area (Å²) in [4.78, 5) is 43.0. The molecule has 2 heterocycles. The van der Waals surface area contributed by atoms with E-state index in [-0.39, 0.29) is 54.3 Å². The number of rotatable bonds is 7. The molecule has 1 unspecified atom stereocenters. The molecule has 1 aliphatic heterocycles. The van der Waals surface area contributed by atoms with Crippen molar-refractivity contribution < 1.29 is 37.1 Å². The highest BCUT2D eigenvalue weighted by atomic mass is 35.5. The van der Waals surface area contributed by atoms with Crippen molar-refractivity contribution >= 4 is 41.3 Å². The summed E-state index contributed by atoms with van der Waals surface area (Å²) in [5, 5.41) is 18.5. The number of halogens is 5. The van der Waals surface area contributed by atoms with Gasteiger partial charge in [0.15, 0.2) is 0 Å². The van der Waals surface area contributed by atoms with Crippen molar-refractivity contribution in [3.05, 3.63) is 88.6 Å². The molecule has 1 saturated carbocycles. The van der Waals surface area contributed by atoms with Crippen molar-refractivity contribution in [2.75, 3.05) is 23.5 Å². The number of carbonyl (C=O) groups excluding carboxylic acids is 3. The summed E-state index contributed by atoms with van der Waals surface area (Å²) in [5.41, 5.74) is 0.585. The molecular formula is C36H44ClF4N5O4. The van der Waals surface area contributed by atoms with Crippen molar-refractivity contribution in [1.29, 1.82) is 5.26 Å². The van der Waals surface area contributed by atoms with E-state index in [9.17, 15) is 31.9 Å². The number of nitrogens with zero attached hydrogens (tertiary/aromatic N) is 4. The SMILES string of the molecule is CC.CC.CO.N#Cc1ccnc(N2CCCC2=O)c1.O=CN(c1cc(F)cc(F)c1)C(C(=O)NC1CCC(F)(F)CC1)c1ccccc1Cl. The van der Waals surface area contributed by atoms with Crippen LogP contribution in [0.4, 0.5) is 29.1 Å². The van der Waals surface area contributed by atoms with Gasteiger partial charge in [-0.05, 0) is 49.6 Å². The number of alkyl halides is 2. The van der Waals surface area contributed by atoms with E-state index in [1.54, 1.807) is 35.4 Å². The quantitative estimate of drug-likeness (QED) is 0.190. The molecule has 1 saturated heterocycles. The third kappa shape index (κ3) is 12.7. The predicted octanol–water partition coefficient (Wildman–Crippen LogP) is 7.76. The van der Waals surface area contributed by atoms with Gasteiger partial charge in [-0.1, -0.05) is 57.5 Å². The Bertz CT molecular complexity index is 1540. The van der Waals surface area contributed by atoms with Crippen molar-refractivity contribution in [3.8, 4) is 6.07 Å². The van der Waals surface area contributed by atoms with E-state index in [4.69, 9.17) is 22.0 Å². The van der Waals surface area contributed by atoms with Gasteiger partial charge in [0.05, 0.1) is 17.3 Å². The lowest BCUT2D eigenvalue weighted by Crippen LogP contribution is -2.46. The van der Waals surface area contributed by atoms with Crippen LogP contribution in [0.2, 0.25) is 5.02 Å². The molecule has 1 aliphatic carbocycles. The Kier molecular flexibility index (Phi) is 19.3. The number of nitrogens with one attached hydrogen (secondary N) is 1. The van der Waals surface area contributed by atoms with E-state index in [1.807, 2.05) is 33.8 Å². The molecule has 14 heteroatoms. The average Bonchev–Trinajstić information content (AvgIpc) is 3.56. The lowest BCUT2D eigenvalue weighted by Gasteiger charge is -2.33. The maximum absolute atomic E-state index is 13.7. The van der Waals surface area contributed by atoms with Crippen LogP contribution in [0, 0.1) is 23.0 Å². The first-order valence-corrected chi connectivity index (χ1v) is 16.6. The van der Waals surface area contributed by atoms with Crippen LogP contribution in [0.5, 0.6) is 0 Å². The summed E-state index contributed by atoms with van der Waals surface area (Å²) in [6.45, 7) is 8.71. The van der Waals surface area contributed by atoms with E-state index in [0.717, 1.165) is 30.6 Å². The third-order valence-corrected chi connectivity index (χ3v) is 7.62. The molecule has 0 spiro atoms. The number of aliphatic hydroxyl groups excluding tert-OH is 1. The Morgan fingerprint density at radius 3 is 2.20 bits per heavy atom. The Morgan fingerprint density at radius 2 is 1.68 bits per heavy atom. The molecule has 1 atom stereocenters. The molecule has 0 radical (unpaired) electrons. The van der Waals surface area contributed by atoms with E-state index >= 15 is 0 Å². The number of anilines is 2. The number of aromatic nitrogens is 1. The Balaban J connectivity index is 0.000000520. The molecule has 50 heavy (non-hydrogen) atoms. The molecule has 9 nitrogen and oxygen atoms in total. The van der Waals surface area contributed by atoms with Gasteiger partial charge in [-0.3, -0.25) is 24.2 Å². The smallest absolute Gasteiger partial charge is 0.248 e. The molecule has 2 aromatic carbocycles. The van der Waals surface area contributed by atoms with Gasteiger partial charge in [0.25, 0.3) is 0 Å². The maximum atomic E-state index is 13.7. The molecule has 2 N–H and O–H groups in total. The van der Waals surface area contributed by atoms with Gasteiger partial charge in [-0.2, -0.15) is 5.26 Å². The number of hydrogen-bond acceptors (Lipinski definition) is 6. The molecule has 3 amide bonds. The topological polar surface area (TPSA) is 127 Å². The van der Waals surface area contributed by atoms with E-state index in [1.165, 1.54) is 12.1 Å². The van der Waals surface area contributed by atoms with Crippen molar-refractivity contribution in [3.63, 3.8) is 0 Å². The number of hydrogen-bond donors (Lipinski definition) is 2. The van der Waals surface area contributed by atoms with Gasteiger partial charge >= 0.3 is 0 Å². The zero-order valence-corrected chi connectivity index (χ0v) is 29.6. The normalized spacial score (nSPS) is 15.1. The zero-order valence-electron chi connectivity index (χ0n) is 28.8. The second-order valence-corrected chi connectivity index (χ2v) is 10.8. The van der Waals surface area contributed by atoms with Crippen LogP contribution < -0.4 is 15.1 Å². The van der Waals surface area contributed by atoms with Gasteiger partial charge < -0.3 is 10.4 Å². The summed E-state index contributed by atoms with van der Waals surface area (Å²) >= 11 is 6.22. The molecular weight excluding hydrogens is 678 g/mol. The van der Waals surface area contributed by atoms with E-state index in [2.05, 4.69) is 10.3 Å². The molecule has 2 aliphatic rings. The van der Waals surface area contributed by atoms with E-state index < -0.39 is 35.5 Å². The minimum Gasteiger partial charge on any atom is -0.400 e. The molecule has 272 valence electrons. The molecule has 1 aromatic heterocycles. The van der Waals surface area contributed by atoms with Crippen LogP contribution in [0.3, 0.4) is 0 Å². The van der Waals surface area contributed by atoms with E-state index in [0.29, 0.717) is 30.4 Å². The van der Waals surface area contributed by atoms with Gasteiger partial charge in [0.1, 0.15) is 23.5 Å². The lowest BCUT2D eigenvalue weighted by atomic mass is 9.91. The predicted molar refractivity (Wildman–Crippen MR) is 186 cm³/mol. The van der Waals surface area contributed by atoms with Crippen LogP contribution in [-0.4, -0.2) is 53.9 Å². The molecule has 3 aromatic rings. The molecule has 5 rings (SSSR count). The molecule has 0 bridgehead atoms. The standard InChI is InChI=1S/C21H19ClF4N2O2.C10H9N3O.2C2H6.CH4O/c22-18-4-2-1-3-17(18)19(20(30)27-15-5-7-21(25,26)8-6-15)28(12-29)16-10-13(23)9-14(24)11-16;11-7-8-3-4-12-9(6-8)13-5-1-2-10(13)14;3*1-2/h1-4,9-12,15,19H,5-8H2,(H,27,30);3-4,6H,1-2,5H2;2*1-2H3;2H,1H3. The van der Waals surface area contributed by atoms with Gasteiger partial charge in [-0.25, -0.2) is 22.5 Å². The third-order valence-electron chi connectivity index (χ3n) is 7.27. The number of carbonyl (C=O) groups is 3. The van der Waals surface area contributed by atoms with Gasteiger partial charge in [0.2, 0.25) is 24.1 Å². The van der Waals surface area contributed by atoms with Crippen molar-refractivity contribution in [1.82, 2.24) is 10.3 Å². The first kappa shape index (κ1) is 43.5. The van der Waals surface area contributed by atoms with Crippen LogP contribution in [0.15, 0.2) is 60.8 Å². The second-order valence-electron chi connectivity index (χ2n) is 10.4. The number of benzene rings is 2. The van der Waals surface area contributed by atoms with Crippen molar-refractivity contribution in [2.45, 2.75) is 84.2 Å².